The first kappa shape index (κ1) is 39.9. The molecule has 2 rings (SSSR count). The van der Waals surface area contributed by atoms with Crippen molar-refractivity contribution in [3.8, 4) is 0 Å². The molecule has 0 saturated heterocycles. The van der Waals surface area contributed by atoms with Crippen LogP contribution in [0.1, 0.15) is 84.1 Å². The van der Waals surface area contributed by atoms with E-state index in [9.17, 15) is 0 Å². The molecule has 1 aromatic carbocycles. The molecule has 0 aliphatic heterocycles. The Balaban J connectivity index is -0.000000233. The van der Waals surface area contributed by atoms with Gasteiger partial charge in [-0.15, -0.1) is 0 Å². The fraction of sp³-hybridized carbons (Fsp3) is 0.769. The lowest BCUT2D eigenvalue weighted by Gasteiger charge is -2.12. The Morgan fingerprint density at radius 3 is 1.64 bits per heavy atom. The van der Waals surface area contributed by atoms with E-state index in [1.54, 1.807) is 0 Å². The molecule has 0 aromatic heterocycles. The van der Waals surface area contributed by atoms with Crippen LogP contribution in [0.5, 0.6) is 0 Å². The molecule has 0 amide bonds. The van der Waals surface area contributed by atoms with E-state index in [1.165, 1.54) is 63.2 Å². The molecular weight excluding hydrogens is 444 g/mol. The molecule has 4 N–H and O–H groups in total. The van der Waals surface area contributed by atoms with E-state index in [-0.39, 0.29) is 0 Å². The average Bonchev–Trinajstić information content (AvgIpc) is 3.35. The van der Waals surface area contributed by atoms with Gasteiger partial charge in [0.2, 0.25) is 0 Å². The quantitative estimate of drug-likeness (QED) is 0.294. The molecule has 1 aliphatic carbocycles. The van der Waals surface area contributed by atoms with Crippen molar-refractivity contribution >= 4 is 24.5 Å². The largest absolute Gasteiger partial charge is 0.385 e. The van der Waals surface area contributed by atoms with Crippen LogP contribution in [0, 0.1) is 0 Å². The lowest BCUT2D eigenvalue weighted by Crippen LogP contribution is -2.11. The van der Waals surface area contributed by atoms with Gasteiger partial charge in [-0.05, 0) is 85.2 Å². The molecule has 0 bridgehead atoms. The molecule has 7 heteroatoms. The topological polar surface area (TPSA) is 56.6 Å². The van der Waals surface area contributed by atoms with E-state index in [0.29, 0.717) is 0 Å². The number of nitrogens with two attached hydrogens (primary N) is 1. The number of rotatable bonds is 7. The number of nitrogens with zero attached hydrogens (tertiary/aromatic N) is 2. The monoisotopic (exact) mass is 505 g/mol. The molecule has 0 spiro atoms. The fourth-order valence-corrected chi connectivity index (χ4v) is 2.88. The van der Waals surface area contributed by atoms with E-state index < -0.39 is 0 Å². The molecule has 1 aliphatic rings. The Labute approximate surface area is 213 Å². The molecule has 2 atom stereocenters. The van der Waals surface area contributed by atoms with E-state index in [1.807, 2.05) is 46.7 Å². The van der Waals surface area contributed by atoms with Gasteiger partial charge in [-0.1, -0.05) is 84.3 Å². The number of hydrogen-bond acceptors (Lipinski definition) is 5. The summed E-state index contributed by atoms with van der Waals surface area (Å²) in [5, 5.41) is 6.23. The summed E-state index contributed by atoms with van der Waals surface area (Å²) in [7, 11) is 16.4. The minimum absolute atomic E-state index is 0.824. The summed E-state index contributed by atoms with van der Waals surface area (Å²) in [6.45, 7) is 10.5. The van der Waals surface area contributed by atoms with Crippen LogP contribution in [-0.2, 0) is 0 Å². The van der Waals surface area contributed by atoms with Gasteiger partial charge < -0.3 is 16.4 Å². The van der Waals surface area contributed by atoms with Crippen LogP contribution in [0.25, 0.3) is 0 Å². The molecule has 5 nitrogen and oxygen atoms in total. The number of anilines is 1. The van der Waals surface area contributed by atoms with Gasteiger partial charge in [0.05, 0.1) is 0 Å². The molecule has 0 heterocycles. The predicted molar refractivity (Wildman–Crippen MR) is 164 cm³/mol. The van der Waals surface area contributed by atoms with Crippen LogP contribution in [0.15, 0.2) is 24.3 Å². The molecule has 0 radical (unpaired) electrons. The third-order valence-corrected chi connectivity index (χ3v) is 4.51. The minimum Gasteiger partial charge on any atom is -0.385 e. The Morgan fingerprint density at radius 1 is 0.909 bits per heavy atom. The molecule has 200 valence electrons. The third kappa shape index (κ3) is 34.0. The van der Waals surface area contributed by atoms with Crippen molar-refractivity contribution < 1.29 is 0 Å². The second kappa shape index (κ2) is 33.9. The van der Waals surface area contributed by atoms with Crippen molar-refractivity contribution in [3.63, 3.8) is 0 Å². The Morgan fingerprint density at radius 2 is 1.30 bits per heavy atom. The number of nitrogens with one attached hydrogen (secondary N) is 2. The van der Waals surface area contributed by atoms with Crippen molar-refractivity contribution in [2.75, 3.05) is 60.7 Å². The van der Waals surface area contributed by atoms with Crippen molar-refractivity contribution in [1.82, 2.24) is 14.7 Å². The molecule has 1 aromatic rings. The molecule has 2 unspecified atom stereocenters. The summed E-state index contributed by atoms with van der Waals surface area (Å²) in [4.78, 5) is 0. The van der Waals surface area contributed by atoms with Gasteiger partial charge >= 0.3 is 0 Å². The van der Waals surface area contributed by atoms with Gasteiger partial charge in [-0.2, -0.15) is 0 Å². The average molecular weight is 506 g/mol. The Hall–Kier alpha value is -0.280. The molecular formula is C26H61N5P2. The molecule has 1 saturated carbocycles. The number of hydrogen-bond donors (Lipinski definition) is 3. The van der Waals surface area contributed by atoms with Crippen molar-refractivity contribution in [1.29, 1.82) is 0 Å². The van der Waals surface area contributed by atoms with Crippen LogP contribution in [-0.4, -0.2) is 64.7 Å². The van der Waals surface area contributed by atoms with Gasteiger partial charge in [0.1, 0.15) is 0 Å². The van der Waals surface area contributed by atoms with Gasteiger partial charge in [0.25, 0.3) is 0 Å². The van der Waals surface area contributed by atoms with Crippen molar-refractivity contribution in [2.45, 2.75) is 78.6 Å². The normalized spacial score (nSPS) is 11.8. The lowest BCUT2D eigenvalue weighted by atomic mass is 9.98. The zero-order valence-corrected chi connectivity index (χ0v) is 26.2. The number of unbranched alkanes of at least 4 members (excludes halogenated alkanes) is 1. The second-order valence-corrected chi connectivity index (χ2v) is 9.74. The minimum atomic E-state index is 0.824. The van der Waals surface area contributed by atoms with Gasteiger partial charge in [0, 0.05) is 18.8 Å². The first-order chi connectivity index (χ1) is 15.8. The van der Waals surface area contributed by atoms with Gasteiger partial charge in [0.15, 0.2) is 0 Å². The van der Waals surface area contributed by atoms with Crippen LogP contribution in [0.4, 0.5) is 5.69 Å². The summed E-state index contributed by atoms with van der Waals surface area (Å²) in [5.41, 5.74) is 7.28. The first-order valence-electron chi connectivity index (χ1n) is 12.7. The summed E-state index contributed by atoms with van der Waals surface area (Å²) < 4.78 is 4.06. The van der Waals surface area contributed by atoms with E-state index in [4.69, 9.17) is 0 Å². The number of benzene rings is 1. The maximum Gasteiger partial charge on any atom is 0.0340 e. The van der Waals surface area contributed by atoms with E-state index >= 15 is 0 Å². The summed E-state index contributed by atoms with van der Waals surface area (Å²) in [6, 6.07) is 9.08. The maximum atomic E-state index is 4.50. The van der Waals surface area contributed by atoms with E-state index in [0.717, 1.165) is 19.0 Å². The summed E-state index contributed by atoms with van der Waals surface area (Å²) >= 11 is 0. The summed E-state index contributed by atoms with van der Waals surface area (Å²) in [6.07, 6.45) is 9.39. The Kier molecular flexibility index (Phi) is 41.0. The highest BCUT2D eigenvalue weighted by atomic mass is 31.0. The van der Waals surface area contributed by atoms with Gasteiger partial charge in [-0.25, -0.2) is 0 Å². The van der Waals surface area contributed by atoms with Crippen LogP contribution in [0.2, 0.25) is 0 Å². The highest BCUT2D eigenvalue weighted by molar-refractivity contribution is 7.13. The molecule has 1 fully saturated rings. The van der Waals surface area contributed by atoms with Crippen LogP contribution < -0.4 is 16.4 Å². The van der Waals surface area contributed by atoms with Crippen molar-refractivity contribution in [3.05, 3.63) is 29.8 Å². The first-order valence-corrected chi connectivity index (χ1v) is 13.7. The molecule has 33 heavy (non-hydrogen) atoms. The second-order valence-electron chi connectivity index (χ2n) is 7.83. The lowest BCUT2D eigenvalue weighted by molar-refractivity contribution is 0.551. The highest BCUT2D eigenvalue weighted by Crippen LogP contribution is 2.34. The fourth-order valence-electron chi connectivity index (χ4n) is 2.69. The smallest absolute Gasteiger partial charge is 0.0340 e. The Bertz CT molecular complexity index is 432. The zero-order valence-electron chi connectivity index (χ0n) is 23.9. The third-order valence-electron chi connectivity index (χ3n) is 4.25. The summed E-state index contributed by atoms with van der Waals surface area (Å²) in [5.74, 6) is 0.824. The van der Waals surface area contributed by atoms with E-state index in [2.05, 4.69) is 85.0 Å². The highest BCUT2D eigenvalue weighted by Gasteiger charge is 2.16. The van der Waals surface area contributed by atoms with Gasteiger partial charge in [-0.3, -0.25) is 9.34 Å². The predicted octanol–water partition coefficient (Wildman–Crippen LogP) is 6.45. The van der Waals surface area contributed by atoms with Crippen molar-refractivity contribution in [2.24, 2.45) is 5.73 Å². The maximum absolute atomic E-state index is 4.50. The zero-order chi connectivity index (χ0) is 26.5. The SMILES string of the molecule is CC.CCCC.CN.CN(C)P.CN(P)CCCNc1ccc(C2CCCC2)cc1.CNC. The van der Waals surface area contributed by atoms with Crippen LogP contribution >= 0.6 is 18.8 Å². The standard InChI is InChI=1S/C15H25N2P.C4H10.C2H8NP.C2H7N.C2H6.CH5N/c1-17(18)12-4-11-16-15-9-7-14(8-10-15)13-5-2-3-6-13;1-3-4-2;1-3(2)4;1-3-2;2*1-2/h7-10,13,16H,2-6,11-12,18H2,1H3;3-4H2,1-2H3;4H2,1-2H3;3H,1-2H3;1-2H3;2H2,1H3. The van der Waals surface area contributed by atoms with Crippen LogP contribution in [0.3, 0.4) is 0 Å².